The van der Waals surface area contributed by atoms with E-state index in [9.17, 15) is 0 Å². The van der Waals surface area contributed by atoms with Crippen molar-refractivity contribution in [1.29, 1.82) is 0 Å². The van der Waals surface area contributed by atoms with Crippen LogP contribution in [-0.4, -0.2) is 29.5 Å². The van der Waals surface area contributed by atoms with Gasteiger partial charge in [-0.3, -0.25) is 0 Å². The van der Waals surface area contributed by atoms with E-state index < -0.39 is 0 Å². The average molecular weight is 417 g/mol. The van der Waals surface area contributed by atoms with E-state index in [0.717, 1.165) is 16.5 Å². The Bertz CT molecular complexity index is 1260. The van der Waals surface area contributed by atoms with Crippen LogP contribution in [0.1, 0.15) is 16.8 Å². The maximum Gasteiger partial charge on any atom is 0.224 e. The van der Waals surface area contributed by atoms with Crippen LogP contribution in [0.25, 0.3) is 10.8 Å². The number of ether oxygens (including phenoxy) is 2. The fraction of sp³-hybridized carbons (Fsp3) is 0.0909. The maximum absolute atomic E-state index is 6.04. The maximum atomic E-state index is 6.04. The Hall–Kier alpha value is -4.40. The largest absolute Gasteiger partial charge is 0.493 e. The highest BCUT2D eigenvalue weighted by Gasteiger charge is 2.12. The number of fused-ring (bicyclic) bond motifs is 1. The SMILES string of the molecule is COc1cc(C=[NH+]N=C(N)c2nonc2N)ccc1OCc1cccc2ccccc12. The monoisotopic (exact) mass is 417 g/mol. The summed E-state index contributed by atoms with van der Waals surface area (Å²) in [6.07, 6.45) is 1.65. The Labute approximate surface area is 177 Å². The molecule has 0 unspecified atom stereocenters. The van der Waals surface area contributed by atoms with Crippen molar-refractivity contribution in [3.63, 3.8) is 0 Å². The minimum absolute atomic E-state index is 0.0528. The van der Waals surface area contributed by atoms with Crippen molar-refractivity contribution in [2.75, 3.05) is 12.8 Å². The van der Waals surface area contributed by atoms with E-state index in [1.54, 1.807) is 13.3 Å². The summed E-state index contributed by atoms with van der Waals surface area (Å²) in [5.74, 6) is 1.35. The number of nitrogens with zero attached hydrogens (tertiary/aromatic N) is 3. The first-order valence-corrected chi connectivity index (χ1v) is 9.43. The van der Waals surface area contributed by atoms with Crippen molar-refractivity contribution in [3.8, 4) is 11.5 Å². The van der Waals surface area contributed by atoms with Gasteiger partial charge in [0.15, 0.2) is 23.0 Å². The van der Waals surface area contributed by atoms with Gasteiger partial charge in [0, 0.05) is 10.7 Å². The van der Waals surface area contributed by atoms with Crippen molar-refractivity contribution in [3.05, 3.63) is 77.5 Å². The number of hydrogen-bond acceptors (Lipinski definition) is 7. The molecule has 1 heterocycles. The van der Waals surface area contributed by atoms with E-state index in [4.69, 9.17) is 20.9 Å². The number of methoxy groups -OCH3 is 1. The average Bonchev–Trinajstić information content (AvgIpc) is 3.24. The number of benzene rings is 3. The first-order valence-electron chi connectivity index (χ1n) is 9.43. The molecule has 0 aliphatic carbocycles. The van der Waals surface area contributed by atoms with Crippen LogP contribution in [0.2, 0.25) is 0 Å². The van der Waals surface area contributed by atoms with Crippen LogP contribution in [0.5, 0.6) is 11.5 Å². The predicted molar refractivity (Wildman–Crippen MR) is 117 cm³/mol. The summed E-state index contributed by atoms with van der Waals surface area (Å²) in [5, 5.41) is 16.1. The van der Waals surface area contributed by atoms with Crippen LogP contribution < -0.4 is 26.0 Å². The molecular formula is C22H21N6O3+. The Kier molecular flexibility index (Phi) is 5.75. The first kappa shape index (κ1) is 19.9. The smallest absolute Gasteiger partial charge is 0.224 e. The molecule has 0 aliphatic rings. The topological polar surface area (TPSA) is 136 Å². The molecule has 9 heteroatoms. The lowest BCUT2D eigenvalue weighted by atomic mass is 10.1. The number of aromatic nitrogens is 2. The Balaban J connectivity index is 1.48. The third kappa shape index (κ3) is 4.45. The van der Waals surface area contributed by atoms with Crippen molar-refractivity contribution in [1.82, 2.24) is 10.3 Å². The summed E-state index contributed by atoms with van der Waals surface area (Å²) >= 11 is 0. The summed E-state index contributed by atoms with van der Waals surface area (Å²) in [7, 11) is 1.59. The Morgan fingerprint density at radius 1 is 1.10 bits per heavy atom. The van der Waals surface area contributed by atoms with Gasteiger partial charge in [-0.05, 0) is 44.8 Å². The summed E-state index contributed by atoms with van der Waals surface area (Å²) in [6, 6.07) is 19.9. The zero-order valence-electron chi connectivity index (χ0n) is 16.8. The number of hydrazone groups is 1. The van der Waals surface area contributed by atoms with E-state index in [1.807, 2.05) is 36.4 Å². The number of nitrogens with two attached hydrogens (primary N) is 2. The lowest BCUT2D eigenvalue weighted by molar-refractivity contribution is -0.456. The Morgan fingerprint density at radius 2 is 1.94 bits per heavy atom. The normalized spacial score (nSPS) is 11.8. The van der Waals surface area contributed by atoms with Crippen LogP contribution in [0, 0.1) is 0 Å². The van der Waals surface area contributed by atoms with Crippen LogP contribution >= 0.6 is 0 Å². The van der Waals surface area contributed by atoms with Crippen molar-refractivity contribution >= 4 is 28.6 Å². The molecular weight excluding hydrogens is 396 g/mol. The van der Waals surface area contributed by atoms with Crippen LogP contribution in [0.15, 0.2) is 70.4 Å². The molecule has 156 valence electrons. The minimum atomic E-state index is 0.0528. The van der Waals surface area contributed by atoms with Crippen LogP contribution in [0.4, 0.5) is 5.82 Å². The predicted octanol–water partition coefficient (Wildman–Crippen LogP) is 1.21. The van der Waals surface area contributed by atoms with E-state index in [1.165, 1.54) is 5.39 Å². The molecule has 0 atom stereocenters. The highest BCUT2D eigenvalue weighted by atomic mass is 16.6. The van der Waals surface area contributed by atoms with Gasteiger partial charge in [0.25, 0.3) is 0 Å². The van der Waals surface area contributed by atoms with E-state index in [2.05, 4.69) is 49.4 Å². The zero-order chi connectivity index (χ0) is 21.6. The van der Waals surface area contributed by atoms with Crippen molar-refractivity contribution in [2.45, 2.75) is 6.61 Å². The molecule has 0 bridgehead atoms. The number of nitrogens with one attached hydrogen (secondary N) is 1. The fourth-order valence-electron chi connectivity index (χ4n) is 3.07. The van der Waals surface area contributed by atoms with Gasteiger partial charge >= 0.3 is 0 Å². The Morgan fingerprint density at radius 3 is 2.74 bits per heavy atom. The van der Waals surface area contributed by atoms with Gasteiger partial charge in [-0.15, -0.1) is 5.10 Å². The molecule has 0 saturated carbocycles. The lowest BCUT2D eigenvalue weighted by Gasteiger charge is -2.12. The number of nitrogen functional groups attached to an aromatic ring is 1. The summed E-state index contributed by atoms with van der Waals surface area (Å²) in [4.78, 5) is 0. The molecule has 4 aromatic rings. The molecule has 9 nitrogen and oxygen atoms in total. The molecule has 0 spiro atoms. The fourth-order valence-corrected chi connectivity index (χ4v) is 3.07. The second kappa shape index (κ2) is 8.95. The van der Waals surface area contributed by atoms with Gasteiger partial charge in [-0.1, -0.05) is 42.5 Å². The highest BCUT2D eigenvalue weighted by molar-refractivity contribution is 5.98. The summed E-state index contributed by atoms with van der Waals surface area (Å²) in [6.45, 7) is 0.424. The third-order valence-electron chi connectivity index (χ3n) is 4.62. The first-order chi connectivity index (χ1) is 15.2. The molecule has 3 aromatic carbocycles. The second-order valence-corrected chi connectivity index (χ2v) is 6.61. The molecule has 0 fully saturated rings. The molecule has 0 radical (unpaired) electrons. The molecule has 0 aliphatic heterocycles. The molecule has 31 heavy (non-hydrogen) atoms. The molecule has 5 N–H and O–H groups in total. The van der Waals surface area contributed by atoms with Gasteiger partial charge in [-0.25, -0.2) is 4.63 Å². The standard InChI is InChI=1S/C22H20N6O3/c1-29-19-11-14(12-25-26-21(23)20-22(24)28-31-27-20)9-10-18(19)30-13-16-7-4-6-15-5-2-3-8-17(15)16/h2-12H,13H2,1H3,(H2,23,26)(H2,24,28)/p+1. The summed E-state index contributed by atoms with van der Waals surface area (Å²) in [5.41, 5.74) is 13.5. The third-order valence-corrected chi connectivity index (χ3v) is 4.62. The lowest BCUT2D eigenvalue weighted by Crippen LogP contribution is -2.63. The van der Waals surface area contributed by atoms with Gasteiger partial charge in [-0.2, -0.15) is 0 Å². The van der Waals surface area contributed by atoms with Crippen molar-refractivity contribution in [2.24, 2.45) is 10.8 Å². The summed E-state index contributed by atoms with van der Waals surface area (Å²) < 4.78 is 16.0. The second-order valence-electron chi connectivity index (χ2n) is 6.61. The minimum Gasteiger partial charge on any atom is -0.493 e. The number of amidine groups is 1. The van der Waals surface area contributed by atoms with Gasteiger partial charge in [0.2, 0.25) is 12.1 Å². The van der Waals surface area contributed by atoms with E-state index in [-0.39, 0.29) is 17.3 Å². The van der Waals surface area contributed by atoms with Gasteiger partial charge in [0.05, 0.1) is 7.11 Å². The molecule has 0 amide bonds. The molecule has 4 rings (SSSR count). The number of rotatable bonds is 7. The van der Waals surface area contributed by atoms with E-state index in [0.29, 0.717) is 18.1 Å². The van der Waals surface area contributed by atoms with Crippen molar-refractivity contribution < 1.29 is 19.2 Å². The van der Waals surface area contributed by atoms with E-state index >= 15 is 0 Å². The van der Waals surface area contributed by atoms with Crippen LogP contribution in [0.3, 0.4) is 0 Å². The number of anilines is 1. The molecule has 0 saturated heterocycles. The highest BCUT2D eigenvalue weighted by Crippen LogP contribution is 2.29. The zero-order valence-corrected chi connectivity index (χ0v) is 16.8. The quantitative estimate of drug-likeness (QED) is 0.234. The number of hydrogen-bond donors (Lipinski definition) is 3. The molecule has 1 aromatic heterocycles. The van der Waals surface area contributed by atoms with Gasteiger partial charge < -0.3 is 20.9 Å². The van der Waals surface area contributed by atoms with Gasteiger partial charge in [0.1, 0.15) is 6.61 Å². The van der Waals surface area contributed by atoms with Crippen LogP contribution in [-0.2, 0) is 6.61 Å².